The highest BCUT2D eigenvalue weighted by Crippen LogP contribution is 2.29. The van der Waals surface area contributed by atoms with Gasteiger partial charge in [0.1, 0.15) is 5.75 Å². The molecule has 2 aromatic rings. The van der Waals surface area contributed by atoms with Gasteiger partial charge >= 0.3 is 0 Å². The summed E-state index contributed by atoms with van der Waals surface area (Å²) in [6, 6.07) is 10.8. The normalized spacial score (nSPS) is 12.3. The third-order valence-corrected chi connectivity index (χ3v) is 5.85. The SMILES string of the molecule is COc1ccc([C@@H](C)NC(=O)COc2ccc(S(=O)(=O)NC(C)C)cc2)cc1OC. The molecule has 2 aromatic carbocycles. The predicted molar refractivity (Wildman–Crippen MR) is 113 cm³/mol. The number of amides is 1. The minimum absolute atomic E-state index is 0.134. The molecule has 0 fully saturated rings. The van der Waals surface area contributed by atoms with E-state index in [4.69, 9.17) is 14.2 Å². The molecular formula is C21H28N2O6S. The Bertz CT molecular complexity index is 958. The van der Waals surface area contributed by atoms with Gasteiger partial charge in [0.25, 0.3) is 5.91 Å². The number of sulfonamides is 1. The van der Waals surface area contributed by atoms with Crippen molar-refractivity contribution in [1.82, 2.24) is 10.0 Å². The molecule has 0 unspecified atom stereocenters. The lowest BCUT2D eigenvalue weighted by atomic mass is 10.1. The molecule has 8 nitrogen and oxygen atoms in total. The number of hydrogen-bond acceptors (Lipinski definition) is 6. The summed E-state index contributed by atoms with van der Waals surface area (Å²) >= 11 is 0. The lowest BCUT2D eigenvalue weighted by Gasteiger charge is -2.17. The molecule has 0 spiro atoms. The van der Waals surface area contributed by atoms with Crippen LogP contribution in [0.25, 0.3) is 0 Å². The Kier molecular flexibility index (Phi) is 8.08. The van der Waals surface area contributed by atoms with Gasteiger partial charge in [0, 0.05) is 6.04 Å². The zero-order valence-electron chi connectivity index (χ0n) is 17.8. The van der Waals surface area contributed by atoms with Crippen LogP contribution in [-0.2, 0) is 14.8 Å². The fourth-order valence-corrected chi connectivity index (χ4v) is 3.98. The van der Waals surface area contributed by atoms with Crippen LogP contribution in [-0.4, -0.2) is 41.2 Å². The summed E-state index contributed by atoms with van der Waals surface area (Å²) in [5.41, 5.74) is 0.855. The number of hydrogen-bond donors (Lipinski definition) is 2. The van der Waals surface area contributed by atoms with Gasteiger partial charge in [-0.3, -0.25) is 4.79 Å². The summed E-state index contributed by atoms with van der Waals surface area (Å²) in [7, 11) is -0.461. The van der Waals surface area contributed by atoms with Crippen molar-refractivity contribution in [2.45, 2.75) is 37.8 Å². The molecule has 30 heavy (non-hydrogen) atoms. The van der Waals surface area contributed by atoms with E-state index in [9.17, 15) is 13.2 Å². The van der Waals surface area contributed by atoms with Gasteiger partial charge in [-0.25, -0.2) is 13.1 Å². The lowest BCUT2D eigenvalue weighted by Crippen LogP contribution is -2.31. The van der Waals surface area contributed by atoms with Crippen molar-refractivity contribution in [3.8, 4) is 17.2 Å². The summed E-state index contributed by atoms with van der Waals surface area (Å²) in [6.07, 6.45) is 0. The molecule has 0 bridgehead atoms. The van der Waals surface area contributed by atoms with Crippen LogP contribution in [0.3, 0.4) is 0 Å². The Labute approximate surface area is 177 Å². The molecular weight excluding hydrogens is 408 g/mol. The van der Waals surface area contributed by atoms with Gasteiger partial charge in [-0.15, -0.1) is 0 Å². The molecule has 2 N–H and O–H groups in total. The van der Waals surface area contributed by atoms with E-state index in [1.807, 2.05) is 13.0 Å². The fraction of sp³-hybridized carbons (Fsp3) is 0.381. The number of benzene rings is 2. The van der Waals surface area contributed by atoms with E-state index in [2.05, 4.69) is 10.0 Å². The average Bonchev–Trinajstić information content (AvgIpc) is 2.71. The predicted octanol–water partition coefficient (Wildman–Crippen LogP) is 2.65. The summed E-state index contributed by atoms with van der Waals surface area (Å²) in [5, 5.41) is 2.85. The highest BCUT2D eigenvalue weighted by atomic mass is 32.2. The van der Waals surface area contributed by atoms with Crippen molar-refractivity contribution >= 4 is 15.9 Å². The van der Waals surface area contributed by atoms with E-state index in [0.29, 0.717) is 17.2 Å². The van der Waals surface area contributed by atoms with Crippen molar-refractivity contribution in [2.75, 3.05) is 20.8 Å². The second-order valence-corrected chi connectivity index (χ2v) is 8.65. The molecule has 0 aliphatic carbocycles. The minimum Gasteiger partial charge on any atom is -0.493 e. The maximum Gasteiger partial charge on any atom is 0.258 e. The van der Waals surface area contributed by atoms with E-state index < -0.39 is 10.0 Å². The standard InChI is InChI=1S/C21H28N2O6S/c1-14(2)23-30(25,26)18-9-7-17(8-10-18)29-13-21(24)22-15(3)16-6-11-19(27-4)20(12-16)28-5/h6-12,14-15,23H,13H2,1-5H3,(H,22,24)/t15-/m1/s1. The van der Waals surface area contributed by atoms with Gasteiger partial charge in [0.05, 0.1) is 25.2 Å². The maximum absolute atomic E-state index is 12.2. The zero-order chi connectivity index (χ0) is 22.3. The van der Waals surface area contributed by atoms with Crippen LogP contribution < -0.4 is 24.2 Å². The smallest absolute Gasteiger partial charge is 0.258 e. The van der Waals surface area contributed by atoms with Crippen molar-refractivity contribution in [2.24, 2.45) is 0 Å². The fourth-order valence-electron chi connectivity index (χ4n) is 2.73. The monoisotopic (exact) mass is 436 g/mol. The number of rotatable bonds is 10. The van der Waals surface area contributed by atoms with Gasteiger partial charge in [0.15, 0.2) is 18.1 Å². The molecule has 0 saturated heterocycles. The van der Waals surface area contributed by atoms with Crippen molar-refractivity contribution in [1.29, 1.82) is 0 Å². The molecule has 1 amide bonds. The number of carbonyl (C=O) groups is 1. The van der Waals surface area contributed by atoms with Crippen LogP contribution in [0.4, 0.5) is 0 Å². The number of methoxy groups -OCH3 is 2. The Balaban J connectivity index is 1.93. The van der Waals surface area contributed by atoms with E-state index in [1.54, 1.807) is 40.2 Å². The lowest BCUT2D eigenvalue weighted by molar-refractivity contribution is -0.123. The first-order valence-corrected chi connectivity index (χ1v) is 10.9. The number of carbonyl (C=O) groups excluding carboxylic acids is 1. The van der Waals surface area contributed by atoms with E-state index in [0.717, 1.165) is 5.56 Å². The Hall–Kier alpha value is -2.78. The third kappa shape index (κ3) is 6.36. The molecule has 0 saturated carbocycles. The first-order chi connectivity index (χ1) is 14.2. The van der Waals surface area contributed by atoms with E-state index in [-0.39, 0.29) is 29.5 Å². The topological polar surface area (TPSA) is 103 Å². The van der Waals surface area contributed by atoms with E-state index >= 15 is 0 Å². The molecule has 0 radical (unpaired) electrons. The zero-order valence-corrected chi connectivity index (χ0v) is 18.6. The highest BCUT2D eigenvalue weighted by molar-refractivity contribution is 7.89. The molecule has 0 heterocycles. The minimum atomic E-state index is -3.57. The summed E-state index contributed by atoms with van der Waals surface area (Å²) in [6.45, 7) is 5.14. The summed E-state index contributed by atoms with van der Waals surface area (Å²) in [4.78, 5) is 12.4. The van der Waals surface area contributed by atoms with Gasteiger partial charge in [0.2, 0.25) is 10.0 Å². The van der Waals surface area contributed by atoms with Gasteiger partial charge < -0.3 is 19.5 Å². The van der Waals surface area contributed by atoms with Gasteiger partial charge in [-0.2, -0.15) is 0 Å². The maximum atomic E-state index is 12.2. The van der Waals surface area contributed by atoms with Crippen molar-refractivity contribution < 1.29 is 27.4 Å². The summed E-state index contributed by atoms with van der Waals surface area (Å²) in [5.74, 6) is 1.27. The van der Waals surface area contributed by atoms with Crippen LogP contribution in [0, 0.1) is 0 Å². The van der Waals surface area contributed by atoms with Crippen molar-refractivity contribution in [3.63, 3.8) is 0 Å². The van der Waals surface area contributed by atoms with Crippen LogP contribution in [0.2, 0.25) is 0 Å². The molecule has 9 heteroatoms. The Morgan fingerprint density at radius 1 is 0.967 bits per heavy atom. The Morgan fingerprint density at radius 3 is 2.17 bits per heavy atom. The van der Waals surface area contributed by atoms with Crippen LogP contribution in [0.1, 0.15) is 32.4 Å². The van der Waals surface area contributed by atoms with Crippen LogP contribution >= 0.6 is 0 Å². The highest BCUT2D eigenvalue weighted by Gasteiger charge is 2.16. The largest absolute Gasteiger partial charge is 0.493 e. The second-order valence-electron chi connectivity index (χ2n) is 6.94. The first-order valence-electron chi connectivity index (χ1n) is 9.42. The number of nitrogens with one attached hydrogen (secondary N) is 2. The van der Waals surface area contributed by atoms with E-state index in [1.165, 1.54) is 24.3 Å². The molecule has 0 aliphatic rings. The summed E-state index contributed by atoms with van der Waals surface area (Å²) < 4.78 is 42.7. The Morgan fingerprint density at radius 2 is 1.60 bits per heavy atom. The third-order valence-electron chi connectivity index (χ3n) is 4.18. The average molecular weight is 437 g/mol. The molecule has 2 rings (SSSR count). The molecule has 1 atom stereocenters. The van der Waals surface area contributed by atoms with Crippen LogP contribution in [0.15, 0.2) is 47.4 Å². The molecule has 164 valence electrons. The quantitative estimate of drug-likeness (QED) is 0.594. The van der Waals surface area contributed by atoms with Gasteiger partial charge in [-0.1, -0.05) is 6.07 Å². The van der Waals surface area contributed by atoms with Crippen LogP contribution in [0.5, 0.6) is 17.2 Å². The molecule has 0 aromatic heterocycles. The second kappa shape index (κ2) is 10.3. The number of ether oxygens (including phenoxy) is 3. The first kappa shape index (κ1) is 23.5. The van der Waals surface area contributed by atoms with Crippen molar-refractivity contribution in [3.05, 3.63) is 48.0 Å². The molecule has 0 aliphatic heterocycles. The van der Waals surface area contributed by atoms with Gasteiger partial charge in [-0.05, 0) is 62.7 Å².